The summed E-state index contributed by atoms with van der Waals surface area (Å²) in [6, 6.07) is 7.84. The van der Waals surface area contributed by atoms with Gasteiger partial charge in [-0.3, -0.25) is 9.59 Å². The van der Waals surface area contributed by atoms with Crippen molar-refractivity contribution in [2.45, 2.75) is 31.5 Å². The minimum atomic E-state index is -0.909. The molecule has 3 aliphatic heterocycles. The Kier molecular flexibility index (Phi) is 2.79. The summed E-state index contributed by atoms with van der Waals surface area (Å²) in [4.78, 5) is 26.2. The molecule has 1 amide bonds. The molecule has 0 saturated carbocycles. The number of rotatable bonds is 2. The molecule has 2 saturated heterocycles. The third-order valence-corrected chi connectivity index (χ3v) is 5.00. The Hall–Kier alpha value is -1.88. The Bertz CT molecular complexity index is 614. The number of aliphatic carboxylic acids is 1. The molecule has 3 aliphatic rings. The molecule has 3 heterocycles. The quantitative estimate of drug-likeness (QED) is 0.894. The van der Waals surface area contributed by atoms with Gasteiger partial charge in [0.1, 0.15) is 0 Å². The van der Waals surface area contributed by atoms with Gasteiger partial charge in [-0.05, 0) is 30.9 Å². The van der Waals surface area contributed by atoms with Crippen molar-refractivity contribution in [3.05, 3.63) is 29.8 Å². The average molecular weight is 287 g/mol. The van der Waals surface area contributed by atoms with E-state index in [4.69, 9.17) is 4.74 Å². The Morgan fingerprint density at radius 3 is 2.62 bits per heavy atom. The summed E-state index contributed by atoms with van der Waals surface area (Å²) in [5, 5.41) is 9.44. The normalized spacial score (nSPS) is 33.2. The van der Waals surface area contributed by atoms with E-state index in [2.05, 4.69) is 0 Å². The van der Waals surface area contributed by atoms with E-state index in [0.29, 0.717) is 6.54 Å². The highest BCUT2D eigenvalue weighted by Gasteiger charge is 2.56. The number of carboxylic acids is 1. The lowest BCUT2D eigenvalue weighted by Crippen LogP contribution is -2.45. The molecule has 0 aliphatic carbocycles. The van der Waals surface area contributed by atoms with Gasteiger partial charge in [0.2, 0.25) is 5.91 Å². The van der Waals surface area contributed by atoms with Gasteiger partial charge in [-0.2, -0.15) is 0 Å². The van der Waals surface area contributed by atoms with E-state index in [9.17, 15) is 14.7 Å². The van der Waals surface area contributed by atoms with Gasteiger partial charge < -0.3 is 14.7 Å². The van der Waals surface area contributed by atoms with Crippen LogP contribution in [0.5, 0.6) is 0 Å². The van der Waals surface area contributed by atoms with Crippen LogP contribution in [0.25, 0.3) is 0 Å². The van der Waals surface area contributed by atoms with Crippen LogP contribution in [0.3, 0.4) is 0 Å². The van der Waals surface area contributed by atoms with Crippen LogP contribution >= 0.6 is 0 Å². The third-order valence-electron chi connectivity index (χ3n) is 5.00. The number of amides is 1. The van der Waals surface area contributed by atoms with Gasteiger partial charge in [-0.15, -0.1) is 0 Å². The number of nitrogens with zero attached hydrogens (tertiary/aromatic N) is 1. The van der Waals surface area contributed by atoms with Crippen LogP contribution in [-0.2, 0) is 20.7 Å². The van der Waals surface area contributed by atoms with Crippen LogP contribution in [0.4, 0.5) is 5.69 Å². The number of hydrogen-bond donors (Lipinski definition) is 1. The summed E-state index contributed by atoms with van der Waals surface area (Å²) in [5.41, 5.74) is 2.08. The Balaban J connectivity index is 1.65. The lowest BCUT2D eigenvalue weighted by atomic mass is 9.78. The maximum Gasteiger partial charge on any atom is 0.310 e. The highest BCUT2D eigenvalue weighted by molar-refractivity contribution is 5.99. The molecule has 2 fully saturated rings. The van der Waals surface area contributed by atoms with Gasteiger partial charge in [0.15, 0.2) is 0 Å². The number of ether oxygens (including phenoxy) is 1. The van der Waals surface area contributed by atoms with E-state index in [1.807, 2.05) is 24.3 Å². The van der Waals surface area contributed by atoms with Crippen molar-refractivity contribution in [1.29, 1.82) is 0 Å². The minimum absolute atomic E-state index is 0.0837. The van der Waals surface area contributed by atoms with Crippen molar-refractivity contribution in [2.24, 2.45) is 11.8 Å². The first kappa shape index (κ1) is 12.8. The van der Waals surface area contributed by atoms with Crippen molar-refractivity contribution in [1.82, 2.24) is 0 Å². The van der Waals surface area contributed by atoms with Gasteiger partial charge in [0.25, 0.3) is 0 Å². The van der Waals surface area contributed by atoms with Gasteiger partial charge in [0, 0.05) is 12.2 Å². The Morgan fingerprint density at radius 1 is 1.14 bits per heavy atom. The first-order chi connectivity index (χ1) is 10.2. The molecule has 110 valence electrons. The van der Waals surface area contributed by atoms with Crippen molar-refractivity contribution in [3.8, 4) is 0 Å². The molecule has 2 bridgehead atoms. The predicted molar refractivity (Wildman–Crippen MR) is 75.0 cm³/mol. The number of hydrogen-bond acceptors (Lipinski definition) is 3. The Morgan fingerprint density at radius 2 is 1.86 bits per heavy atom. The van der Waals surface area contributed by atoms with Crippen LogP contribution in [0.1, 0.15) is 18.4 Å². The van der Waals surface area contributed by atoms with Gasteiger partial charge in [-0.1, -0.05) is 18.2 Å². The number of anilines is 1. The zero-order chi connectivity index (χ0) is 14.6. The first-order valence-corrected chi connectivity index (χ1v) is 7.44. The zero-order valence-electron chi connectivity index (χ0n) is 11.6. The van der Waals surface area contributed by atoms with Crippen LogP contribution < -0.4 is 4.90 Å². The number of carbonyl (C=O) groups is 2. The fourth-order valence-electron chi connectivity index (χ4n) is 4.05. The first-order valence-electron chi connectivity index (χ1n) is 7.44. The standard InChI is InChI=1S/C16H17NO4/c18-15(17-8-7-9-3-1-2-4-10(9)17)13-11-5-6-12(21-11)14(13)16(19)20/h1-4,11-14H,5-8H2,(H,19,20)/t11-,12+,13-,14+/m1/s1. The molecular formula is C16H17NO4. The smallest absolute Gasteiger partial charge is 0.310 e. The van der Waals surface area contributed by atoms with E-state index >= 15 is 0 Å². The van der Waals surface area contributed by atoms with Crippen LogP contribution in [-0.4, -0.2) is 35.7 Å². The molecule has 0 aromatic heterocycles. The van der Waals surface area contributed by atoms with E-state index < -0.39 is 17.8 Å². The van der Waals surface area contributed by atoms with E-state index in [-0.39, 0.29) is 18.1 Å². The fraction of sp³-hybridized carbons (Fsp3) is 0.500. The summed E-state index contributed by atoms with van der Waals surface area (Å²) in [6.07, 6.45) is 1.86. The lowest BCUT2D eigenvalue weighted by Gasteiger charge is -2.28. The van der Waals surface area contributed by atoms with Gasteiger partial charge in [0.05, 0.1) is 24.0 Å². The summed E-state index contributed by atoms with van der Waals surface area (Å²) in [5.74, 6) is -2.22. The lowest BCUT2D eigenvalue weighted by molar-refractivity contribution is -0.147. The highest BCUT2D eigenvalue weighted by atomic mass is 16.5. The second-order valence-electron chi connectivity index (χ2n) is 6.05. The molecule has 1 aromatic carbocycles. The van der Waals surface area contributed by atoms with Gasteiger partial charge in [-0.25, -0.2) is 0 Å². The molecule has 5 nitrogen and oxygen atoms in total. The van der Waals surface area contributed by atoms with E-state index in [0.717, 1.165) is 30.5 Å². The number of para-hydroxylation sites is 1. The monoisotopic (exact) mass is 287 g/mol. The molecule has 0 spiro atoms. The maximum atomic E-state index is 12.9. The molecule has 21 heavy (non-hydrogen) atoms. The molecule has 4 rings (SSSR count). The second kappa shape index (κ2) is 4.56. The minimum Gasteiger partial charge on any atom is -0.481 e. The molecule has 0 radical (unpaired) electrons. The molecule has 1 aromatic rings. The maximum absolute atomic E-state index is 12.9. The fourth-order valence-corrected chi connectivity index (χ4v) is 4.05. The molecule has 5 heteroatoms. The largest absolute Gasteiger partial charge is 0.481 e. The molecule has 1 N–H and O–H groups in total. The molecule has 4 atom stereocenters. The SMILES string of the molecule is O=C(O)[C@@H]1[C@H](C(=O)N2CCc3ccccc32)[C@H]2CC[C@@H]1O2. The number of benzene rings is 1. The van der Waals surface area contributed by atoms with Crippen LogP contribution in [0.2, 0.25) is 0 Å². The summed E-state index contributed by atoms with van der Waals surface area (Å²) < 4.78 is 5.70. The number of carboxylic acid groups (broad SMARTS) is 1. The van der Waals surface area contributed by atoms with Crippen molar-refractivity contribution in [2.75, 3.05) is 11.4 Å². The average Bonchev–Trinajstić information content (AvgIpc) is 3.19. The number of carbonyl (C=O) groups excluding carboxylic acids is 1. The van der Waals surface area contributed by atoms with Crippen molar-refractivity contribution < 1.29 is 19.4 Å². The van der Waals surface area contributed by atoms with Crippen LogP contribution in [0.15, 0.2) is 24.3 Å². The summed E-state index contributed by atoms with van der Waals surface area (Å²) in [7, 11) is 0. The topological polar surface area (TPSA) is 66.8 Å². The highest BCUT2D eigenvalue weighted by Crippen LogP contribution is 2.45. The summed E-state index contributed by atoms with van der Waals surface area (Å²) in [6.45, 7) is 0.637. The number of fused-ring (bicyclic) bond motifs is 3. The third kappa shape index (κ3) is 1.80. The second-order valence-corrected chi connectivity index (χ2v) is 6.05. The zero-order valence-corrected chi connectivity index (χ0v) is 11.6. The predicted octanol–water partition coefficient (Wildman–Crippen LogP) is 1.45. The van der Waals surface area contributed by atoms with Gasteiger partial charge >= 0.3 is 5.97 Å². The summed E-state index contributed by atoms with van der Waals surface area (Å²) >= 11 is 0. The molecular weight excluding hydrogens is 270 g/mol. The van der Waals surface area contributed by atoms with Crippen molar-refractivity contribution >= 4 is 17.6 Å². The Labute approximate surface area is 122 Å². The van der Waals surface area contributed by atoms with E-state index in [1.54, 1.807) is 4.90 Å². The van der Waals surface area contributed by atoms with Crippen LogP contribution in [0, 0.1) is 11.8 Å². The van der Waals surface area contributed by atoms with E-state index in [1.165, 1.54) is 0 Å². The molecule has 0 unspecified atom stereocenters. The van der Waals surface area contributed by atoms with Crippen molar-refractivity contribution in [3.63, 3.8) is 0 Å².